The molecule has 0 unspecified atom stereocenters. The van der Waals surface area contributed by atoms with Crippen LogP contribution in [0, 0.1) is 25.8 Å². The van der Waals surface area contributed by atoms with Crippen LogP contribution in [0.1, 0.15) is 10.4 Å². The first-order valence-corrected chi connectivity index (χ1v) is 11.9. The SMILES string of the molecule is C#Cc1ccccc1.COc1ccc(S(=O)(=O)Cl)cc1.[C-]#[N+]c1sc(C)cc1Br. The molecule has 0 spiro atoms. The fourth-order valence-corrected chi connectivity index (χ4v) is 4.10. The Balaban J connectivity index is 0.000000223. The summed E-state index contributed by atoms with van der Waals surface area (Å²) < 4.78 is 27.3. The van der Waals surface area contributed by atoms with Gasteiger partial charge in [-0.15, -0.1) is 6.42 Å². The zero-order valence-corrected chi connectivity index (χ0v) is 19.6. The highest BCUT2D eigenvalue weighted by Gasteiger charge is 2.08. The van der Waals surface area contributed by atoms with Gasteiger partial charge in [-0.1, -0.05) is 40.0 Å². The lowest BCUT2D eigenvalue weighted by atomic mass is 10.2. The van der Waals surface area contributed by atoms with Crippen LogP contribution >= 0.6 is 37.9 Å². The Kier molecular flexibility index (Phi) is 10.5. The molecule has 0 fully saturated rings. The standard InChI is InChI=1S/C8H6.C7H7ClO3S.C6H4BrNS/c1-2-8-6-4-3-5-7-8;1-11-6-2-4-7(5-3-6)12(8,9)10;1-4-3-5(7)6(8-2)9-4/h1,3-7H;2-5H,1H3;3H,1H3. The van der Waals surface area contributed by atoms with Crippen molar-refractivity contribution >= 4 is 52.0 Å². The molecule has 150 valence electrons. The van der Waals surface area contributed by atoms with E-state index in [1.807, 2.05) is 43.3 Å². The molecule has 3 rings (SSSR count). The summed E-state index contributed by atoms with van der Waals surface area (Å²) in [5.74, 6) is 3.12. The summed E-state index contributed by atoms with van der Waals surface area (Å²) in [4.78, 5) is 4.56. The summed E-state index contributed by atoms with van der Waals surface area (Å²) in [6.07, 6.45) is 5.10. The van der Waals surface area contributed by atoms with Crippen molar-refractivity contribution in [3.8, 4) is 18.1 Å². The molecule has 1 aromatic heterocycles. The van der Waals surface area contributed by atoms with Crippen molar-refractivity contribution in [1.82, 2.24) is 0 Å². The first kappa shape index (κ1) is 24.7. The van der Waals surface area contributed by atoms with Gasteiger partial charge in [-0.2, -0.15) is 11.3 Å². The van der Waals surface area contributed by atoms with Crippen molar-refractivity contribution in [3.05, 3.63) is 87.0 Å². The van der Waals surface area contributed by atoms with Gasteiger partial charge < -0.3 is 4.74 Å². The third-order valence-corrected chi connectivity index (χ3v) is 6.36. The molecule has 0 atom stereocenters. The van der Waals surface area contributed by atoms with E-state index in [2.05, 4.69) is 26.7 Å². The molecule has 0 saturated heterocycles. The van der Waals surface area contributed by atoms with Crippen molar-refractivity contribution in [2.24, 2.45) is 0 Å². The Morgan fingerprint density at radius 2 is 1.76 bits per heavy atom. The van der Waals surface area contributed by atoms with Crippen LogP contribution in [0.4, 0.5) is 5.00 Å². The number of terminal acetylenes is 1. The van der Waals surface area contributed by atoms with Crippen LogP contribution in [0.2, 0.25) is 0 Å². The highest BCUT2D eigenvalue weighted by Crippen LogP contribution is 2.34. The molecule has 0 aliphatic rings. The van der Waals surface area contributed by atoms with Crippen molar-refractivity contribution in [2.75, 3.05) is 7.11 Å². The van der Waals surface area contributed by atoms with Crippen LogP contribution in [0.25, 0.3) is 4.85 Å². The number of benzene rings is 2. The van der Waals surface area contributed by atoms with Gasteiger partial charge in [-0.3, -0.25) is 0 Å². The average molecular weight is 511 g/mol. The van der Waals surface area contributed by atoms with Crippen LogP contribution in [0.5, 0.6) is 5.75 Å². The van der Waals surface area contributed by atoms with E-state index in [1.54, 1.807) is 0 Å². The maximum Gasteiger partial charge on any atom is 0.261 e. The van der Waals surface area contributed by atoms with E-state index < -0.39 is 9.05 Å². The fraction of sp³-hybridized carbons (Fsp3) is 0.0952. The van der Waals surface area contributed by atoms with Crippen molar-refractivity contribution in [1.29, 1.82) is 0 Å². The molecule has 4 nitrogen and oxygen atoms in total. The minimum atomic E-state index is -3.61. The van der Waals surface area contributed by atoms with Gasteiger partial charge in [0.2, 0.25) is 0 Å². The minimum Gasteiger partial charge on any atom is -0.497 e. The number of methoxy groups -OCH3 is 1. The number of nitrogens with zero attached hydrogens (tertiary/aromatic N) is 1. The van der Waals surface area contributed by atoms with E-state index in [1.165, 1.54) is 47.6 Å². The lowest BCUT2D eigenvalue weighted by Crippen LogP contribution is -1.90. The number of ether oxygens (including phenoxy) is 1. The lowest BCUT2D eigenvalue weighted by Gasteiger charge is -1.99. The monoisotopic (exact) mass is 509 g/mol. The summed E-state index contributed by atoms with van der Waals surface area (Å²) in [6, 6.07) is 17.4. The second-order valence-corrected chi connectivity index (χ2v) is 9.90. The Bertz CT molecular complexity index is 1100. The maximum atomic E-state index is 10.8. The highest BCUT2D eigenvalue weighted by molar-refractivity contribution is 9.10. The zero-order valence-electron chi connectivity index (χ0n) is 15.6. The molecule has 0 bridgehead atoms. The Hall–Kier alpha value is -2.29. The maximum absolute atomic E-state index is 10.8. The smallest absolute Gasteiger partial charge is 0.261 e. The molecule has 3 aromatic rings. The third kappa shape index (κ3) is 9.17. The molecule has 0 N–H and O–H groups in total. The summed E-state index contributed by atoms with van der Waals surface area (Å²) >= 11 is 4.79. The van der Waals surface area contributed by atoms with Crippen LogP contribution in [0.15, 0.2) is 70.0 Å². The molecule has 0 radical (unpaired) electrons. The highest BCUT2D eigenvalue weighted by atomic mass is 79.9. The number of halogens is 2. The largest absolute Gasteiger partial charge is 0.497 e. The van der Waals surface area contributed by atoms with Crippen molar-refractivity contribution < 1.29 is 13.2 Å². The van der Waals surface area contributed by atoms with Crippen molar-refractivity contribution in [3.63, 3.8) is 0 Å². The van der Waals surface area contributed by atoms with Gasteiger partial charge in [0.25, 0.3) is 14.1 Å². The topological polar surface area (TPSA) is 47.7 Å². The molecule has 0 aliphatic carbocycles. The number of rotatable bonds is 2. The number of aryl methyl sites for hydroxylation is 1. The third-order valence-electron chi connectivity index (χ3n) is 3.17. The molecule has 0 saturated carbocycles. The summed E-state index contributed by atoms with van der Waals surface area (Å²) in [6.45, 7) is 8.69. The first-order chi connectivity index (χ1) is 13.7. The van der Waals surface area contributed by atoms with Gasteiger partial charge in [0.05, 0.1) is 18.6 Å². The van der Waals surface area contributed by atoms with Crippen LogP contribution in [-0.4, -0.2) is 15.5 Å². The summed E-state index contributed by atoms with van der Waals surface area (Å²) in [5.41, 5.74) is 0.938. The minimum absolute atomic E-state index is 0.0740. The molecule has 29 heavy (non-hydrogen) atoms. The van der Waals surface area contributed by atoms with Crippen LogP contribution in [-0.2, 0) is 9.05 Å². The van der Waals surface area contributed by atoms with E-state index in [9.17, 15) is 8.42 Å². The Morgan fingerprint density at radius 1 is 1.17 bits per heavy atom. The van der Waals surface area contributed by atoms with E-state index in [4.69, 9.17) is 28.4 Å². The molecule has 0 amide bonds. The van der Waals surface area contributed by atoms with E-state index in [-0.39, 0.29) is 4.90 Å². The number of thiophene rings is 1. The molecule has 8 heteroatoms. The fourth-order valence-electron chi connectivity index (χ4n) is 1.82. The van der Waals surface area contributed by atoms with E-state index in [0.29, 0.717) is 5.75 Å². The summed E-state index contributed by atoms with van der Waals surface area (Å²) in [7, 11) is 2.98. The second kappa shape index (κ2) is 12.3. The quantitative estimate of drug-likeness (QED) is 0.220. The van der Waals surface area contributed by atoms with Crippen LogP contribution < -0.4 is 4.74 Å². The van der Waals surface area contributed by atoms with Gasteiger partial charge in [-0.25, -0.2) is 13.3 Å². The molecular weight excluding hydrogens is 494 g/mol. The Morgan fingerprint density at radius 3 is 2.07 bits per heavy atom. The average Bonchev–Trinajstić information content (AvgIpc) is 3.06. The second-order valence-electron chi connectivity index (χ2n) is 5.25. The predicted octanol–water partition coefficient (Wildman–Crippen LogP) is 6.66. The van der Waals surface area contributed by atoms with Gasteiger partial charge in [0.15, 0.2) is 0 Å². The lowest BCUT2D eigenvalue weighted by molar-refractivity contribution is 0.414. The van der Waals surface area contributed by atoms with E-state index in [0.717, 1.165) is 15.0 Å². The van der Waals surface area contributed by atoms with Crippen LogP contribution in [0.3, 0.4) is 0 Å². The number of hydrogen-bond donors (Lipinski definition) is 0. The van der Waals surface area contributed by atoms with Gasteiger partial charge in [0, 0.05) is 20.7 Å². The molecule has 1 heterocycles. The van der Waals surface area contributed by atoms with Gasteiger partial charge in [0.1, 0.15) is 5.75 Å². The predicted molar refractivity (Wildman–Crippen MR) is 123 cm³/mol. The molecular formula is C21H17BrClNO3S2. The normalized spacial score (nSPS) is 9.59. The zero-order chi connectivity index (χ0) is 21.9. The van der Waals surface area contributed by atoms with Gasteiger partial charge >= 0.3 is 0 Å². The first-order valence-electron chi connectivity index (χ1n) is 7.95. The molecule has 0 aliphatic heterocycles. The van der Waals surface area contributed by atoms with Crippen molar-refractivity contribution in [2.45, 2.75) is 11.8 Å². The molecule has 2 aromatic carbocycles. The Labute approximate surface area is 188 Å². The summed E-state index contributed by atoms with van der Waals surface area (Å²) in [5, 5.41) is 0.743. The number of hydrogen-bond acceptors (Lipinski definition) is 4. The van der Waals surface area contributed by atoms with Gasteiger partial charge in [-0.05, 0) is 54.3 Å². The van der Waals surface area contributed by atoms with E-state index >= 15 is 0 Å².